The van der Waals surface area contributed by atoms with E-state index in [2.05, 4.69) is 6.58 Å². The first-order valence-corrected chi connectivity index (χ1v) is 14.7. The van der Waals surface area contributed by atoms with Gasteiger partial charge in [0.15, 0.2) is 5.79 Å². The van der Waals surface area contributed by atoms with Gasteiger partial charge in [-0.15, -0.1) is 6.58 Å². The maximum Gasteiger partial charge on any atom is 0.416 e. The van der Waals surface area contributed by atoms with Crippen LogP contribution in [0, 0.1) is 5.92 Å². The smallest absolute Gasteiger partial charge is 0.416 e. The first-order chi connectivity index (χ1) is 19.5. The number of aliphatic hydroxyl groups is 2. The number of aliphatic hydroxyl groups excluding tert-OH is 2. The Morgan fingerprint density at radius 1 is 1.20 bits per heavy atom. The van der Waals surface area contributed by atoms with E-state index in [1.807, 2.05) is 44.2 Å². The van der Waals surface area contributed by atoms with Gasteiger partial charge in [-0.1, -0.05) is 48.1 Å². The number of amides is 2. The molecular weight excluding hydrogens is 526 g/mol. The van der Waals surface area contributed by atoms with Gasteiger partial charge in [-0.25, -0.2) is 9.69 Å². The van der Waals surface area contributed by atoms with Crippen molar-refractivity contribution in [1.29, 1.82) is 0 Å². The van der Waals surface area contributed by atoms with E-state index in [4.69, 9.17) is 18.9 Å². The molecule has 2 N–H and O–H groups in total. The number of imide groups is 1. The van der Waals surface area contributed by atoms with Crippen LogP contribution in [-0.4, -0.2) is 81.7 Å². The molecule has 9 heteroatoms. The molecule has 0 radical (unpaired) electrons. The van der Waals surface area contributed by atoms with Crippen LogP contribution < -0.4 is 0 Å². The lowest BCUT2D eigenvalue weighted by molar-refractivity contribution is -0.358. The fourth-order valence-electron chi connectivity index (χ4n) is 6.87. The quantitative estimate of drug-likeness (QED) is 0.406. The molecule has 0 aliphatic carbocycles. The summed E-state index contributed by atoms with van der Waals surface area (Å²) in [4.78, 5) is 28.2. The highest BCUT2D eigenvalue weighted by Crippen LogP contribution is 2.53. The summed E-state index contributed by atoms with van der Waals surface area (Å²) in [6, 6.07) is 9.13. The summed E-state index contributed by atoms with van der Waals surface area (Å²) < 4.78 is 24.8. The Bertz CT molecular complexity index is 1170. The van der Waals surface area contributed by atoms with Gasteiger partial charge in [0.2, 0.25) is 5.91 Å². The van der Waals surface area contributed by atoms with E-state index in [0.717, 1.165) is 35.3 Å². The normalized spacial score (nSPS) is 36.7. The predicted octanol–water partition coefficient (Wildman–Crippen LogP) is 4.06. The van der Waals surface area contributed by atoms with E-state index in [1.54, 1.807) is 19.1 Å². The van der Waals surface area contributed by atoms with Gasteiger partial charge >= 0.3 is 6.09 Å². The molecule has 5 rings (SSSR count). The maximum atomic E-state index is 14.2. The number of carbonyl (C=O) groups is 2. The second-order valence-corrected chi connectivity index (χ2v) is 12.5. The molecule has 1 aromatic carbocycles. The highest BCUT2D eigenvalue weighted by Gasteiger charge is 2.62. The molecule has 4 fully saturated rings. The minimum absolute atomic E-state index is 0.0871. The molecule has 4 heterocycles. The topological polar surface area (TPSA) is 115 Å². The van der Waals surface area contributed by atoms with Crippen LogP contribution in [0.25, 0.3) is 0 Å². The number of fused-ring (bicyclic) bond motifs is 2. The summed E-state index contributed by atoms with van der Waals surface area (Å²) in [6.07, 6.45) is 4.26. The number of hydrogen-bond acceptors (Lipinski definition) is 8. The number of rotatable bonds is 10. The molecule has 8 atom stereocenters. The van der Waals surface area contributed by atoms with Gasteiger partial charge in [0, 0.05) is 12.8 Å². The molecule has 9 nitrogen and oxygen atoms in total. The lowest BCUT2D eigenvalue weighted by Gasteiger charge is -2.47. The molecule has 0 spiro atoms. The Morgan fingerprint density at radius 3 is 2.63 bits per heavy atom. The molecule has 4 saturated heterocycles. The lowest BCUT2D eigenvalue weighted by Crippen LogP contribution is -2.58. The third-order valence-corrected chi connectivity index (χ3v) is 9.25. The number of cyclic esters (lactones) is 1. The van der Waals surface area contributed by atoms with Gasteiger partial charge in [0.05, 0.1) is 42.0 Å². The highest BCUT2D eigenvalue weighted by molar-refractivity contribution is 5.95. The first kappa shape index (κ1) is 29.9. The number of benzene rings is 1. The SMILES string of the molecule is C=C[C@@]1(C)CC[C@H]([C@@]23CC[C@@](C)(C[C@H]([C@@H](O)[C@H](C/C(C)=C/CO)C(=O)N4C(=O)OC[C@@H]4Cc4ccccc4)O2)O3)O1. The Morgan fingerprint density at radius 2 is 1.95 bits per heavy atom. The summed E-state index contributed by atoms with van der Waals surface area (Å²) in [5.41, 5.74) is 0.677. The Labute approximate surface area is 242 Å². The molecule has 0 aromatic heterocycles. The third kappa shape index (κ3) is 6.01. The van der Waals surface area contributed by atoms with E-state index in [1.165, 1.54) is 0 Å². The molecule has 2 amide bonds. The standard InChI is InChI=1S/C32H43NO8/c1-5-30(3)13-11-26(40-30)32-15-14-31(4,41-32)19-25(39-32)27(35)24(17-21(2)12-16-34)28(36)33-23(20-38-29(33)37)18-22-9-7-6-8-10-22/h5-10,12,23-27,34-35H,1,11,13-20H2,2-4H3/b21-12+/t23-,24-,25+,26+,27-,30-,31-,32-/m0/s1. The molecular formula is C32H43NO8. The van der Waals surface area contributed by atoms with E-state index in [-0.39, 0.29) is 25.7 Å². The molecule has 224 valence electrons. The monoisotopic (exact) mass is 569 g/mol. The van der Waals surface area contributed by atoms with Crippen molar-refractivity contribution in [2.24, 2.45) is 5.92 Å². The summed E-state index contributed by atoms with van der Waals surface area (Å²) in [5, 5.41) is 21.4. The summed E-state index contributed by atoms with van der Waals surface area (Å²) in [6.45, 7) is 9.62. The average Bonchev–Trinajstić information content (AvgIpc) is 3.60. The van der Waals surface area contributed by atoms with Crippen LogP contribution in [0.2, 0.25) is 0 Å². The van der Waals surface area contributed by atoms with E-state index >= 15 is 0 Å². The number of allylic oxidation sites excluding steroid dienone is 1. The van der Waals surface area contributed by atoms with Crippen molar-refractivity contribution in [3.8, 4) is 0 Å². The summed E-state index contributed by atoms with van der Waals surface area (Å²) >= 11 is 0. The summed E-state index contributed by atoms with van der Waals surface area (Å²) in [5.74, 6) is -2.54. The van der Waals surface area contributed by atoms with Crippen LogP contribution in [0.1, 0.15) is 64.9 Å². The number of ether oxygens (including phenoxy) is 4. The Kier molecular flexibility index (Phi) is 8.47. The summed E-state index contributed by atoms with van der Waals surface area (Å²) in [7, 11) is 0. The largest absolute Gasteiger partial charge is 0.447 e. The van der Waals surface area contributed by atoms with Gasteiger partial charge in [-0.05, 0) is 58.4 Å². The van der Waals surface area contributed by atoms with Crippen molar-refractivity contribution in [3.05, 3.63) is 60.2 Å². The first-order valence-electron chi connectivity index (χ1n) is 14.7. The van der Waals surface area contributed by atoms with Crippen molar-refractivity contribution in [2.45, 2.75) is 107 Å². The third-order valence-electron chi connectivity index (χ3n) is 9.25. The van der Waals surface area contributed by atoms with E-state index in [9.17, 15) is 19.8 Å². The van der Waals surface area contributed by atoms with Gasteiger partial charge in [0.25, 0.3) is 0 Å². The zero-order valence-corrected chi connectivity index (χ0v) is 24.3. The lowest BCUT2D eigenvalue weighted by atomic mass is 9.84. The molecule has 4 aliphatic heterocycles. The molecule has 4 aliphatic rings. The van der Waals surface area contributed by atoms with Crippen LogP contribution in [-0.2, 0) is 30.2 Å². The zero-order valence-electron chi connectivity index (χ0n) is 24.3. The van der Waals surface area contributed by atoms with Crippen LogP contribution >= 0.6 is 0 Å². The number of carbonyl (C=O) groups excluding carboxylic acids is 2. The van der Waals surface area contributed by atoms with Crippen LogP contribution in [0.5, 0.6) is 0 Å². The fourth-order valence-corrected chi connectivity index (χ4v) is 6.87. The van der Waals surface area contributed by atoms with Gasteiger partial charge in [-0.2, -0.15) is 0 Å². The zero-order chi connectivity index (χ0) is 29.4. The van der Waals surface area contributed by atoms with Crippen molar-refractivity contribution in [2.75, 3.05) is 13.2 Å². The maximum absolute atomic E-state index is 14.2. The van der Waals surface area contributed by atoms with Crippen LogP contribution in [0.3, 0.4) is 0 Å². The van der Waals surface area contributed by atoms with Crippen LogP contribution in [0.4, 0.5) is 4.79 Å². The molecule has 1 aromatic rings. The molecule has 0 unspecified atom stereocenters. The number of hydrogen-bond donors (Lipinski definition) is 2. The van der Waals surface area contributed by atoms with Crippen molar-refractivity contribution >= 4 is 12.0 Å². The van der Waals surface area contributed by atoms with Crippen molar-refractivity contribution in [1.82, 2.24) is 4.90 Å². The molecule has 0 saturated carbocycles. The Hall–Kier alpha value is -2.56. The van der Waals surface area contributed by atoms with Gasteiger partial charge in [-0.3, -0.25) is 4.79 Å². The minimum Gasteiger partial charge on any atom is -0.447 e. The highest BCUT2D eigenvalue weighted by atomic mass is 16.8. The molecule has 41 heavy (non-hydrogen) atoms. The average molecular weight is 570 g/mol. The van der Waals surface area contributed by atoms with Gasteiger partial charge < -0.3 is 29.2 Å². The second-order valence-electron chi connectivity index (χ2n) is 12.5. The second kappa shape index (κ2) is 11.6. The van der Waals surface area contributed by atoms with E-state index in [0.29, 0.717) is 19.3 Å². The fraction of sp³-hybridized carbons (Fsp3) is 0.625. The molecule has 2 bridgehead atoms. The number of nitrogens with zero attached hydrogens (tertiary/aromatic N) is 1. The van der Waals surface area contributed by atoms with Crippen molar-refractivity contribution in [3.63, 3.8) is 0 Å². The van der Waals surface area contributed by atoms with Gasteiger partial charge in [0.1, 0.15) is 12.7 Å². The minimum atomic E-state index is -1.23. The Balaban J connectivity index is 1.41. The van der Waals surface area contributed by atoms with Crippen molar-refractivity contribution < 1.29 is 38.7 Å². The van der Waals surface area contributed by atoms with Crippen LogP contribution in [0.15, 0.2) is 54.6 Å². The van der Waals surface area contributed by atoms with E-state index < -0.39 is 53.2 Å². The predicted molar refractivity (Wildman–Crippen MR) is 151 cm³/mol.